The van der Waals surface area contributed by atoms with Gasteiger partial charge in [-0.2, -0.15) is 0 Å². The highest BCUT2D eigenvalue weighted by Crippen LogP contribution is 2.15. The molecule has 0 bridgehead atoms. The zero-order chi connectivity index (χ0) is 12.8. The number of hydrogen-bond acceptors (Lipinski definition) is 5. The molecule has 1 aromatic heterocycles. The molecule has 0 unspecified atom stereocenters. The Morgan fingerprint density at radius 1 is 1.56 bits per heavy atom. The van der Waals surface area contributed by atoms with Crippen molar-refractivity contribution in [3.63, 3.8) is 0 Å². The van der Waals surface area contributed by atoms with Crippen LogP contribution in [0.1, 0.15) is 36.7 Å². The topological polar surface area (TPSA) is 58.1 Å². The van der Waals surface area contributed by atoms with Crippen LogP contribution in [0.4, 0.5) is 0 Å². The van der Waals surface area contributed by atoms with Crippen LogP contribution >= 0.6 is 11.5 Å². The first kappa shape index (κ1) is 13.4. The van der Waals surface area contributed by atoms with Crippen LogP contribution in [0.5, 0.6) is 0 Å². The molecule has 1 amide bonds. The van der Waals surface area contributed by atoms with Crippen LogP contribution in [0, 0.1) is 5.92 Å². The highest BCUT2D eigenvalue weighted by molar-refractivity contribution is 7.03. The Morgan fingerprint density at radius 3 is 2.94 bits per heavy atom. The Balaban J connectivity index is 1.96. The van der Waals surface area contributed by atoms with Gasteiger partial charge in [0.25, 0.3) is 5.91 Å². The van der Waals surface area contributed by atoms with Gasteiger partial charge in [-0.15, -0.1) is 5.10 Å². The lowest BCUT2D eigenvalue weighted by atomic mass is 9.97. The Hall–Kier alpha value is -1.01. The average Bonchev–Trinajstić information content (AvgIpc) is 2.92. The van der Waals surface area contributed by atoms with E-state index in [4.69, 9.17) is 0 Å². The largest absolute Gasteiger partial charge is 0.337 e. The number of nitrogens with one attached hydrogen (secondary N) is 1. The van der Waals surface area contributed by atoms with Gasteiger partial charge in [-0.1, -0.05) is 11.4 Å². The number of aromatic nitrogens is 2. The van der Waals surface area contributed by atoms with Gasteiger partial charge in [-0.05, 0) is 49.8 Å². The van der Waals surface area contributed by atoms with Gasteiger partial charge in [0.2, 0.25) is 0 Å². The molecule has 2 rings (SSSR count). The van der Waals surface area contributed by atoms with Crippen LogP contribution in [0.25, 0.3) is 0 Å². The predicted octanol–water partition coefficient (Wildman–Crippen LogP) is 1.39. The van der Waals surface area contributed by atoms with Crippen LogP contribution in [0.15, 0.2) is 5.38 Å². The Kier molecular flexibility index (Phi) is 5.07. The third kappa shape index (κ3) is 3.49. The van der Waals surface area contributed by atoms with Crippen LogP contribution in [0.2, 0.25) is 0 Å². The summed E-state index contributed by atoms with van der Waals surface area (Å²) in [6.45, 7) is 5.89. The van der Waals surface area contributed by atoms with Crippen LogP contribution in [-0.2, 0) is 0 Å². The summed E-state index contributed by atoms with van der Waals surface area (Å²) < 4.78 is 3.77. The number of hydrogen-bond donors (Lipinski definition) is 1. The molecule has 5 nitrogen and oxygen atoms in total. The minimum Gasteiger partial charge on any atom is -0.337 e. The molecule has 100 valence electrons. The number of nitrogens with zero attached hydrogens (tertiary/aromatic N) is 3. The molecule has 2 heterocycles. The van der Waals surface area contributed by atoms with Gasteiger partial charge in [0, 0.05) is 18.5 Å². The minimum absolute atomic E-state index is 0.0316. The average molecular weight is 268 g/mol. The van der Waals surface area contributed by atoms with E-state index in [1.165, 1.54) is 11.5 Å². The molecular weight excluding hydrogens is 248 g/mol. The van der Waals surface area contributed by atoms with Crippen molar-refractivity contribution >= 4 is 17.4 Å². The monoisotopic (exact) mass is 268 g/mol. The third-order valence-corrected chi connectivity index (χ3v) is 3.80. The zero-order valence-corrected chi connectivity index (χ0v) is 11.6. The van der Waals surface area contributed by atoms with E-state index in [9.17, 15) is 4.79 Å². The van der Waals surface area contributed by atoms with Crippen molar-refractivity contribution in [1.82, 2.24) is 19.8 Å². The molecular formula is C12H20N4OS. The van der Waals surface area contributed by atoms with Crippen LogP contribution in [0.3, 0.4) is 0 Å². The Bertz CT molecular complexity index is 362. The van der Waals surface area contributed by atoms with Crippen molar-refractivity contribution in [1.29, 1.82) is 0 Å². The molecule has 0 spiro atoms. The van der Waals surface area contributed by atoms with Crippen molar-refractivity contribution in [2.45, 2.75) is 26.2 Å². The fourth-order valence-corrected chi connectivity index (χ4v) is 2.77. The second kappa shape index (κ2) is 6.80. The maximum Gasteiger partial charge on any atom is 0.275 e. The van der Waals surface area contributed by atoms with Crippen molar-refractivity contribution in [3.8, 4) is 0 Å². The first-order chi connectivity index (χ1) is 8.81. The maximum atomic E-state index is 12.3. The SMILES string of the molecule is CCCN(CC1CCNCC1)C(=O)c1csnn1. The molecule has 0 saturated carbocycles. The number of piperidine rings is 1. The quantitative estimate of drug-likeness (QED) is 0.877. The second-order valence-corrected chi connectivity index (χ2v) is 5.34. The van der Waals surface area contributed by atoms with Gasteiger partial charge in [0.15, 0.2) is 5.69 Å². The zero-order valence-electron chi connectivity index (χ0n) is 10.8. The summed E-state index contributed by atoms with van der Waals surface area (Å²) in [7, 11) is 0. The highest BCUT2D eigenvalue weighted by Gasteiger charge is 2.22. The summed E-state index contributed by atoms with van der Waals surface area (Å²) in [4.78, 5) is 14.2. The summed E-state index contributed by atoms with van der Waals surface area (Å²) in [6, 6.07) is 0. The summed E-state index contributed by atoms with van der Waals surface area (Å²) in [5.41, 5.74) is 0.488. The molecule has 6 heteroatoms. The van der Waals surface area contributed by atoms with Gasteiger partial charge >= 0.3 is 0 Å². The van der Waals surface area contributed by atoms with Crippen LogP contribution in [-0.4, -0.2) is 46.6 Å². The Morgan fingerprint density at radius 2 is 2.33 bits per heavy atom. The maximum absolute atomic E-state index is 12.3. The molecule has 1 saturated heterocycles. The molecule has 1 N–H and O–H groups in total. The molecule has 1 aromatic rings. The number of carbonyl (C=O) groups is 1. The summed E-state index contributed by atoms with van der Waals surface area (Å²) in [6.07, 6.45) is 3.29. The third-order valence-electron chi connectivity index (χ3n) is 3.30. The molecule has 0 aliphatic carbocycles. The van der Waals surface area contributed by atoms with E-state index >= 15 is 0 Å². The minimum atomic E-state index is 0.0316. The van der Waals surface area contributed by atoms with Gasteiger partial charge < -0.3 is 10.2 Å². The molecule has 1 aliphatic rings. The van der Waals surface area contributed by atoms with Gasteiger partial charge in [-0.3, -0.25) is 4.79 Å². The number of carbonyl (C=O) groups excluding carboxylic acids is 1. The summed E-state index contributed by atoms with van der Waals surface area (Å²) in [5, 5.41) is 8.96. The molecule has 0 radical (unpaired) electrons. The van der Waals surface area contributed by atoms with E-state index < -0.39 is 0 Å². The lowest BCUT2D eigenvalue weighted by molar-refractivity contribution is 0.0710. The fraction of sp³-hybridized carbons (Fsp3) is 0.750. The van der Waals surface area contributed by atoms with Gasteiger partial charge in [0.1, 0.15) is 0 Å². The molecule has 18 heavy (non-hydrogen) atoms. The van der Waals surface area contributed by atoms with Crippen molar-refractivity contribution < 1.29 is 4.79 Å². The van der Waals surface area contributed by atoms with Crippen molar-refractivity contribution in [3.05, 3.63) is 11.1 Å². The predicted molar refractivity (Wildman–Crippen MR) is 71.7 cm³/mol. The van der Waals surface area contributed by atoms with Crippen LogP contribution < -0.4 is 5.32 Å². The number of rotatable bonds is 5. The molecule has 1 fully saturated rings. The van der Waals surface area contributed by atoms with E-state index in [0.717, 1.165) is 45.4 Å². The molecule has 0 atom stereocenters. The lowest BCUT2D eigenvalue weighted by Gasteiger charge is -2.29. The lowest BCUT2D eigenvalue weighted by Crippen LogP contribution is -2.39. The standard InChI is InChI=1S/C12H20N4OS/c1-2-7-16(8-10-3-5-13-6-4-10)12(17)11-9-18-15-14-11/h9-10,13H,2-8H2,1H3. The summed E-state index contributed by atoms with van der Waals surface area (Å²) in [5.74, 6) is 0.650. The fourth-order valence-electron chi connectivity index (χ4n) is 2.34. The van der Waals surface area contributed by atoms with E-state index in [1.54, 1.807) is 5.38 Å². The smallest absolute Gasteiger partial charge is 0.275 e. The van der Waals surface area contributed by atoms with Crippen molar-refractivity contribution in [2.75, 3.05) is 26.2 Å². The Labute approximate surface area is 112 Å². The molecule has 1 aliphatic heterocycles. The second-order valence-electron chi connectivity index (χ2n) is 4.73. The first-order valence-electron chi connectivity index (χ1n) is 6.58. The van der Waals surface area contributed by atoms with E-state index in [1.807, 2.05) is 4.90 Å². The highest BCUT2D eigenvalue weighted by atomic mass is 32.1. The van der Waals surface area contributed by atoms with E-state index in [-0.39, 0.29) is 5.91 Å². The first-order valence-corrected chi connectivity index (χ1v) is 7.42. The molecule has 0 aromatic carbocycles. The normalized spacial score (nSPS) is 16.7. The van der Waals surface area contributed by atoms with E-state index in [2.05, 4.69) is 21.8 Å². The summed E-state index contributed by atoms with van der Waals surface area (Å²) >= 11 is 1.23. The van der Waals surface area contributed by atoms with Gasteiger partial charge in [0.05, 0.1) is 0 Å². The van der Waals surface area contributed by atoms with Gasteiger partial charge in [-0.25, -0.2) is 0 Å². The number of amides is 1. The van der Waals surface area contributed by atoms with E-state index in [0.29, 0.717) is 11.6 Å². The van der Waals surface area contributed by atoms with Crippen molar-refractivity contribution in [2.24, 2.45) is 5.92 Å².